The lowest BCUT2D eigenvalue weighted by atomic mass is 10.0. The van der Waals surface area contributed by atoms with Crippen molar-refractivity contribution in [1.82, 2.24) is 0 Å². The third-order valence-corrected chi connectivity index (χ3v) is 5.87. The molecule has 0 heterocycles. The Hall–Kier alpha value is -0.840. The van der Waals surface area contributed by atoms with Crippen molar-refractivity contribution < 1.29 is 24.5 Å². The molecule has 0 radical (unpaired) electrons. The van der Waals surface area contributed by atoms with Crippen LogP contribution in [0.5, 0.6) is 17.2 Å². The summed E-state index contributed by atoms with van der Waals surface area (Å²) in [7, 11) is 1.23. The zero-order valence-electron chi connectivity index (χ0n) is 14.9. The number of aromatic hydroxyl groups is 1. The number of phenols is 1. The van der Waals surface area contributed by atoms with Gasteiger partial charge in [-0.25, -0.2) is 4.79 Å². The average Bonchev–Trinajstić information content (AvgIpc) is 2.59. The number of esters is 1. The fourth-order valence-corrected chi connectivity index (χ4v) is 4.54. The smallest absolute Gasteiger partial charge is 0.335 e. The second-order valence-corrected chi connectivity index (χ2v) is 9.10. The minimum atomic E-state index is -1.23. The number of ether oxygens (including phenoxy) is 2. The summed E-state index contributed by atoms with van der Waals surface area (Å²) < 4.78 is 12.6. The quantitative estimate of drug-likeness (QED) is 0.332. The largest absolute Gasteiger partial charge is 0.507 e. The number of halogens is 3. The first kappa shape index (κ1) is 22.4. The van der Waals surface area contributed by atoms with Gasteiger partial charge in [0.1, 0.15) is 11.5 Å². The van der Waals surface area contributed by atoms with Gasteiger partial charge in [0.25, 0.3) is 0 Å². The topological polar surface area (TPSA) is 76.0 Å². The molecule has 2 rings (SSSR count). The summed E-state index contributed by atoms with van der Waals surface area (Å²) in [6.07, 6.45) is -1.11. The Morgan fingerprint density at radius 1 is 1.19 bits per heavy atom. The average molecular weight is 614 g/mol. The molecule has 0 spiro atoms. The summed E-state index contributed by atoms with van der Waals surface area (Å²) >= 11 is 9.02. The molecule has 5 nitrogen and oxygen atoms in total. The van der Waals surface area contributed by atoms with Gasteiger partial charge in [-0.1, -0.05) is 13.8 Å². The summed E-state index contributed by atoms with van der Waals surface area (Å²) in [5.74, 6) is 0.897. The van der Waals surface area contributed by atoms with E-state index in [0.717, 1.165) is 11.1 Å². The number of phenolic OH excluding ortho intramolecular Hbond substituents is 1. The normalized spacial score (nSPS) is 12.1. The fraction of sp³-hybridized carbons (Fsp3) is 0.316. The van der Waals surface area contributed by atoms with E-state index < -0.39 is 12.1 Å². The van der Waals surface area contributed by atoms with Crippen LogP contribution < -0.4 is 4.74 Å². The van der Waals surface area contributed by atoms with Gasteiger partial charge in [0.2, 0.25) is 0 Å². The van der Waals surface area contributed by atoms with Crippen molar-refractivity contribution in [3.63, 3.8) is 0 Å². The molecular weight excluding hydrogens is 595 g/mol. The highest BCUT2D eigenvalue weighted by atomic mass is 127. The van der Waals surface area contributed by atoms with Gasteiger partial charge in [-0.15, -0.1) is 0 Å². The summed E-state index contributed by atoms with van der Waals surface area (Å²) in [6.45, 7) is 4.00. The van der Waals surface area contributed by atoms with Gasteiger partial charge in [0, 0.05) is 12.0 Å². The van der Waals surface area contributed by atoms with Crippen LogP contribution in [0.1, 0.15) is 30.9 Å². The highest BCUT2D eigenvalue weighted by Crippen LogP contribution is 2.41. The highest BCUT2D eigenvalue weighted by Gasteiger charge is 2.19. The second kappa shape index (κ2) is 9.58. The van der Waals surface area contributed by atoms with Crippen LogP contribution in [-0.4, -0.2) is 29.4 Å². The molecular formula is C19H19Br2IO5. The molecule has 0 saturated carbocycles. The molecule has 2 N–H and O–H groups in total. The fourth-order valence-electron chi connectivity index (χ4n) is 2.48. The Kier molecular flexibility index (Phi) is 7.96. The van der Waals surface area contributed by atoms with Crippen molar-refractivity contribution in [3.05, 3.63) is 47.9 Å². The molecule has 8 heteroatoms. The molecule has 0 saturated heterocycles. The number of aliphatic hydroxyl groups excluding tert-OH is 1. The number of rotatable bonds is 6. The zero-order chi connectivity index (χ0) is 20.3. The Morgan fingerprint density at radius 2 is 1.78 bits per heavy atom. The van der Waals surface area contributed by atoms with Crippen LogP contribution in [0.2, 0.25) is 0 Å². The maximum Gasteiger partial charge on any atom is 0.335 e. The van der Waals surface area contributed by atoms with Gasteiger partial charge >= 0.3 is 5.97 Å². The Labute approximate surface area is 188 Å². The molecule has 2 aromatic rings. The van der Waals surface area contributed by atoms with Crippen molar-refractivity contribution in [2.45, 2.75) is 32.3 Å². The van der Waals surface area contributed by atoms with Gasteiger partial charge in [0.15, 0.2) is 11.9 Å². The minimum absolute atomic E-state index is 0.124. The van der Waals surface area contributed by atoms with Gasteiger partial charge in [-0.2, -0.15) is 0 Å². The Morgan fingerprint density at radius 3 is 2.30 bits per heavy atom. The molecule has 1 atom stereocenters. The first-order valence-electron chi connectivity index (χ1n) is 8.08. The van der Waals surface area contributed by atoms with Crippen LogP contribution in [0, 0.1) is 3.57 Å². The maximum atomic E-state index is 11.4. The van der Waals surface area contributed by atoms with E-state index in [2.05, 4.69) is 59.2 Å². The number of carbonyl (C=O) groups is 1. The Bertz CT molecular complexity index is 831. The molecule has 0 amide bonds. The van der Waals surface area contributed by atoms with Gasteiger partial charge in [-0.3, -0.25) is 0 Å². The molecule has 0 aliphatic heterocycles. The van der Waals surface area contributed by atoms with E-state index >= 15 is 0 Å². The predicted molar refractivity (Wildman–Crippen MR) is 119 cm³/mol. The Balaban J connectivity index is 2.32. The lowest BCUT2D eigenvalue weighted by Gasteiger charge is -2.16. The predicted octanol–water partition coefficient (Wildman–Crippen LogP) is 5.51. The van der Waals surface area contributed by atoms with E-state index in [1.165, 1.54) is 7.11 Å². The number of hydrogen-bond acceptors (Lipinski definition) is 5. The van der Waals surface area contributed by atoms with E-state index in [9.17, 15) is 15.0 Å². The molecule has 0 fully saturated rings. The molecule has 27 heavy (non-hydrogen) atoms. The highest BCUT2D eigenvalue weighted by molar-refractivity contribution is 14.1. The monoisotopic (exact) mass is 612 g/mol. The first-order valence-corrected chi connectivity index (χ1v) is 10.7. The van der Waals surface area contributed by atoms with Crippen molar-refractivity contribution in [2.75, 3.05) is 7.11 Å². The van der Waals surface area contributed by atoms with Gasteiger partial charge in [-0.05, 0) is 90.2 Å². The van der Waals surface area contributed by atoms with Crippen LogP contribution >= 0.6 is 54.5 Å². The number of aliphatic hydroxyl groups is 1. The summed E-state index contributed by atoms with van der Waals surface area (Å²) in [4.78, 5) is 11.4. The number of carbonyl (C=O) groups excluding carboxylic acids is 1. The lowest BCUT2D eigenvalue weighted by molar-refractivity contribution is -0.150. The van der Waals surface area contributed by atoms with Crippen LogP contribution in [0.25, 0.3) is 0 Å². The molecule has 1 unspecified atom stereocenters. The summed E-state index contributed by atoms with van der Waals surface area (Å²) in [5.41, 5.74) is 1.55. The van der Waals surface area contributed by atoms with Gasteiger partial charge < -0.3 is 19.7 Å². The van der Waals surface area contributed by atoms with Crippen LogP contribution in [0.15, 0.2) is 33.2 Å². The van der Waals surface area contributed by atoms with Crippen molar-refractivity contribution in [2.24, 2.45) is 0 Å². The van der Waals surface area contributed by atoms with E-state index in [0.29, 0.717) is 24.0 Å². The van der Waals surface area contributed by atoms with E-state index in [4.69, 9.17) is 4.74 Å². The molecule has 146 valence electrons. The maximum absolute atomic E-state index is 11.4. The number of methoxy groups -OCH3 is 1. The molecule has 0 bridgehead atoms. The molecule has 0 aliphatic carbocycles. The molecule has 2 aromatic carbocycles. The number of benzene rings is 2. The number of hydrogen-bond donors (Lipinski definition) is 2. The van der Waals surface area contributed by atoms with Gasteiger partial charge in [0.05, 0.1) is 19.6 Å². The van der Waals surface area contributed by atoms with Crippen LogP contribution in [0.3, 0.4) is 0 Å². The SMILES string of the molecule is COC(=O)C(O)Cc1cc(Br)c(Oc2cc(I)c(O)c(C(C)C)c2)c(Br)c1. The molecule has 0 aromatic heterocycles. The standard InChI is InChI=1S/C19H19Br2IO5/c1-9(2)12-7-11(8-15(22)17(12)24)27-18-13(20)4-10(5-14(18)21)6-16(23)19(25)26-3/h4-5,7-9,16,23-24H,6H2,1-3H3. The summed E-state index contributed by atoms with van der Waals surface area (Å²) in [5, 5.41) is 20.0. The van der Waals surface area contributed by atoms with Crippen molar-refractivity contribution in [3.8, 4) is 17.2 Å². The van der Waals surface area contributed by atoms with Crippen LogP contribution in [-0.2, 0) is 16.0 Å². The molecule has 0 aliphatic rings. The summed E-state index contributed by atoms with van der Waals surface area (Å²) in [6, 6.07) is 7.13. The van der Waals surface area contributed by atoms with Crippen molar-refractivity contribution in [1.29, 1.82) is 0 Å². The zero-order valence-corrected chi connectivity index (χ0v) is 20.3. The third-order valence-electron chi connectivity index (χ3n) is 3.87. The van der Waals surface area contributed by atoms with E-state index in [1.54, 1.807) is 18.2 Å². The van der Waals surface area contributed by atoms with E-state index in [1.807, 2.05) is 19.9 Å². The lowest BCUT2D eigenvalue weighted by Crippen LogP contribution is -2.24. The van der Waals surface area contributed by atoms with Crippen molar-refractivity contribution >= 4 is 60.4 Å². The minimum Gasteiger partial charge on any atom is -0.507 e. The third kappa shape index (κ3) is 5.58. The second-order valence-electron chi connectivity index (χ2n) is 6.23. The first-order chi connectivity index (χ1) is 12.6. The van der Waals surface area contributed by atoms with Crippen LogP contribution in [0.4, 0.5) is 0 Å². The van der Waals surface area contributed by atoms with E-state index in [-0.39, 0.29) is 18.1 Å².